The average molecular weight is 268 g/mol. The van der Waals surface area contributed by atoms with Crippen molar-refractivity contribution in [2.24, 2.45) is 0 Å². The van der Waals surface area contributed by atoms with E-state index in [2.05, 4.69) is 15.3 Å². The fourth-order valence-corrected chi connectivity index (χ4v) is 1.54. The van der Waals surface area contributed by atoms with Gasteiger partial charge in [0.15, 0.2) is 5.82 Å². The summed E-state index contributed by atoms with van der Waals surface area (Å²) in [6, 6.07) is 1.88. The molecule has 1 unspecified atom stereocenters. The number of anilines is 2. The molecular formula is C13H24N4O2. The van der Waals surface area contributed by atoms with Crippen molar-refractivity contribution in [2.45, 2.75) is 33.4 Å². The fourth-order valence-electron chi connectivity index (χ4n) is 1.54. The number of nitrogens with zero attached hydrogens (tertiary/aromatic N) is 3. The molecule has 1 rings (SSSR count). The smallest absolute Gasteiger partial charge is 0.158 e. The Labute approximate surface area is 114 Å². The van der Waals surface area contributed by atoms with Crippen LogP contribution in [0.3, 0.4) is 0 Å². The highest BCUT2D eigenvalue weighted by molar-refractivity contribution is 5.49. The Kier molecular flexibility index (Phi) is 6.52. The molecule has 0 amide bonds. The number of aliphatic hydroxyl groups excluding tert-OH is 1. The van der Waals surface area contributed by atoms with E-state index in [9.17, 15) is 5.11 Å². The number of nitrogens with one attached hydrogen (secondary N) is 1. The zero-order valence-electron chi connectivity index (χ0n) is 12.2. The molecular weight excluding hydrogens is 244 g/mol. The lowest BCUT2D eigenvalue weighted by atomic mass is 10.3. The summed E-state index contributed by atoms with van der Waals surface area (Å²) in [6.45, 7) is 7.80. The van der Waals surface area contributed by atoms with Crippen molar-refractivity contribution in [3.05, 3.63) is 11.9 Å². The minimum atomic E-state index is 0.00400. The lowest BCUT2D eigenvalue weighted by Crippen LogP contribution is -2.32. The summed E-state index contributed by atoms with van der Waals surface area (Å²) in [5.41, 5.74) is 0. The highest BCUT2D eigenvalue weighted by Crippen LogP contribution is 2.17. The van der Waals surface area contributed by atoms with E-state index in [1.807, 2.05) is 38.8 Å². The number of hydrogen-bond acceptors (Lipinski definition) is 6. The zero-order valence-corrected chi connectivity index (χ0v) is 12.2. The number of hydrogen-bond donors (Lipinski definition) is 2. The quantitative estimate of drug-likeness (QED) is 0.739. The van der Waals surface area contributed by atoms with E-state index in [-0.39, 0.29) is 12.6 Å². The summed E-state index contributed by atoms with van der Waals surface area (Å²) in [7, 11) is 1.91. The van der Waals surface area contributed by atoms with E-state index < -0.39 is 0 Å². The van der Waals surface area contributed by atoms with Crippen molar-refractivity contribution in [2.75, 3.05) is 37.0 Å². The molecule has 0 aromatic carbocycles. The van der Waals surface area contributed by atoms with Crippen LogP contribution in [0.2, 0.25) is 0 Å². The maximum absolute atomic E-state index is 9.22. The Hall–Kier alpha value is -1.40. The van der Waals surface area contributed by atoms with Crippen molar-refractivity contribution >= 4 is 11.6 Å². The molecule has 19 heavy (non-hydrogen) atoms. The van der Waals surface area contributed by atoms with E-state index in [0.717, 1.165) is 18.2 Å². The first-order chi connectivity index (χ1) is 9.12. The van der Waals surface area contributed by atoms with E-state index >= 15 is 0 Å². The molecule has 1 heterocycles. The predicted molar refractivity (Wildman–Crippen MR) is 76.5 cm³/mol. The molecule has 0 aliphatic rings. The Balaban J connectivity index is 2.97. The first-order valence-corrected chi connectivity index (χ1v) is 6.65. The van der Waals surface area contributed by atoms with E-state index in [4.69, 9.17) is 4.74 Å². The van der Waals surface area contributed by atoms with Crippen LogP contribution in [0.25, 0.3) is 0 Å². The summed E-state index contributed by atoms with van der Waals surface area (Å²) >= 11 is 0. The molecule has 0 spiro atoms. The first kappa shape index (κ1) is 15.7. The molecule has 1 aromatic heterocycles. The van der Waals surface area contributed by atoms with Crippen molar-refractivity contribution < 1.29 is 9.84 Å². The lowest BCUT2D eigenvalue weighted by molar-refractivity contribution is 0.128. The third-order valence-corrected chi connectivity index (χ3v) is 2.84. The van der Waals surface area contributed by atoms with E-state index in [1.165, 1.54) is 0 Å². The van der Waals surface area contributed by atoms with Crippen molar-refractivity contribution in [3.8, 4) is 0 Å². The molecule has 1 atom stereocenters. The van der Waals surface area contributed by atoms with Gasteiger partial charge in [-0.15, -0.1) is 0 Å². The van der Waals surface area contributed by atoms with Gasteiger partial charge in [0.2, 0.25) is 0 Å². The van der Waals surface area contributed by atoms with Gasteiger partial charge in [-0.05, 0) is 20.8 Å². The normalized spacial score (nSPS) is 12.3. The Morgan fingerprint density at radius 2 is 2.16 bits per heavy atom. The zero-order chi connectivity index (χ0) is 14.3. The topological polar surface area (TPSA) is 70.5 Å². The van der Waals surface area contributed by atoms with Crippen LogP contribution >= 0.6 is 0 Å². The van der Waals surface area contributed by atoms with Gasteiger partial charge < -0.3 is 20.1 Å². The molecule has 6 heteroatoms. The minimum absolute atomic E-state index is 0.00400. The Morgan fingerprint density at radius 1 is 1.42 bits per heavy atom. The van der Waals surface area contributed by atoms with Gasteiger partial charge in [0, 0.05) is 26.3 Å². The summed E-state index contributed by atoms with van der Waals surface area (Å²) in [5, 5.41) is 12.4. The molecule has 108 valence electrons. The standard InChI is InChI=1S/C13H24N4O2/c1-5-14-11-7-13(17(4)10(3)8-18)16-12(15-11)9-19-6-2/h7,10,18H,5-6,8-9H2,1-4H3,(H,14,15,16). The van der Waals surface area contributed by atoms with Crippen LogP contribution in [0.4, 0.5) is 11.6 Å². The van der Waals surface area contributed by atoms with Gasteiger partial charge in [0.1, 0.15) is 18.2 Å². The van der Waals surface area contributed by atoms with Crippen LogP contribution in [0.15, 0.2) is 6.07 Å². The third-order valence-electron chi connectivity index (χ3n) is 2.84. The number of rotatable bonds is 8. The van der Waals surface area contributed by atoms with E-state index in [0.29, 0.717) is 19.0 Å². The van der Waals surface area contributed by atoms with Gasteiger partial charge >= 0.3 is 0 Å². The highest BCUT2D eigenvalue weighted by atomic mass is 16.5. The van der Waals surface area contributed by atoms with Gasteiger partial charge in [-0.1, -0.05) is 0 Å². The molecule has 0 fully saturated rings. The summed E-state index contributed by atoms with van der Waals surface area (Å²) in [4.78, 5) is 10.8. The second kappa shape index (κ2) is 7.91. The molecule has 0 saturated carbocycles. The fraction of sp³-hybridized carbons (Fsp3) is 0.692. The molecule has 0 aliphatic carbocycles. The molecule has 1 aromatic rings. The monoisotopic (exact) mass is 268 g/mol. The lowest BCUT2D eigenvalue weighted by Gasteiger charge is -2.25. The number of aliphatic hydroxyl groups is 1. The maximum Gasteiger partial charge on any atom is 0.158 e. The summed E-state index contributed by atoms with van der Waals surface area (Å²) in [5.74, 6) is 2.20. The molecule has 0 radical (unpaired) electrons. The van der Waals surface area contributed by atoms with Crippen LogP contribution in [-0.2, 0) is 11.3 Å². The minimum Gasteiger partial charge on any atom is -0.394 e. The number of ether oxygens (including phenoxy) is 1. The van der Waals surface area contributed by atoms with Crippen molar-refractivity contribution in [3.63, 3.8) is 0 Å². The Bertz CT molecular complexity index is 387. The predicted octanol–water partition coefficient (Wildman–Crippen LogP) is 1.26. The van der Waals surface area contributed by atoms with Gasteiger partial charge in [-0.2, -0.15) is 0 Å². The molecule has 0 bridgehead atoms. The van der Waals surface area contributed by atoms with Crippen LogP contribution in [0.1, 0.15) is 26.6 Å². The SMILES string of the molecule is CCNc1cc(N(C)C(C)CO)nc(COCC)n1. The Morgan fingerprint density at radius 3 is 2.74 bits per heavy atom. The van der Waals surface area contributed by atoms with Crippen LogP contribution in [0.5, 0.6) is 0 Å². The second-order valence-corrected chi connectivity index (χ2v) is 4.34. The van der Waals surface area contributed by atoms with Crippen LogP contribution in [-0.4, -0.2) is 47.9 Å². The van der Waals surface area contributed by atoms with Gasteiger partial charge in [0.05, 0.1) is 12.6 Å². The summed E-state index contributed by atoms with van der Waals surface area (Å²) in [6.07, 6.45) is 0. The van der Waals surface area contributed by atoms with Gasteiger partial charge in [-0.3, -0.25) is 0 Å². The maximum atomic E-state index is 9.22. The number of aromatic nitrogens is 2. The van der Waals surface area contributed by atoms with Crippen LogP contribution in [0, 0.1) is 0 Å². The number of likely N-dealkylation sites (N-methyl/N-ethyl adjacent to an activating group) is 1. The molecule has 2 N–H and O–H groups in total. The third kappa shape index (κ3) is 4.65. The first-order valence-electron chi connectivity index (χ1n) is 6.65. The largest absolute Gasteiger partial charge is 0.394 e. The molecule has 0 saturated heterocycles. The second-order valence-electron chi connectivity index (χ2n) is 4.34. The van der Waals surface area contributed by atoms with Gasteiger partial charge in [-0.25, -0.2) is 9.97 Å². The van der Waals surface area contributed by atoms with Crippen molar-refractivity contribution in [1.29, 1.82) is 0 Å². The van der Waals surface area contributed by atoms with Crippen molar-refractivity contribution in [1.82, 2.24) is 9.97 Å². The average Bonchev–Trinajstić information content (AvgIpc) is 2.43. The molecule has 0 aliphatic heterocycles. The summed E-state index contributed by atoms with van der Waals surface area (Å²) < 4.78 is 5.35. The highest BCUT2D eigenvalue weighted by Gasteiger charge is 2.13. The van der Waals surface area contributed by atoms with Crippen LogP contribution < -0.4 is 10.2 Å². The molecule has 6 nitrogen and oxygen atoms in total. The van der Waals surface area contributed by atoms with Gasteiger partial charge in [0.25, 0.3) is 0 Å². The van der Waals surface area contributed by atoms with E-state index in [1.54, 1.807) is 0 Å².